The van der Waals surface area contributed by atoms with Crippen LogP contribution in [0.4, 0.5) is 0 Å². The first-order valence-electron chi connectivity index (χ1n) is 5.27. The maximum Gasteiger partial charge on any atom is 0.0121 e. The zero-order valence-corrected chi connectivity index (χ0v) is 9.01. The van der Waals surface area contributed by atoms with E-state index in [0.717, 1.165) is 17.9 Å². The summed E-state index contributed by atoms with van der Waals surface area (Å²) in [5.41, 5.74) is 0. The average Bonchev–Trinajstić information content (AvgIpc) is 2.66. The van der Waals surface area contributed by atoms with E-state index in [9.17, 15) is 0 Å². The Hall–Kier alpha value is -0.0400. The van der Waals surface area contributed by atoms with Gasteiger partial charge in [-0.05, 0) is 38.8 Å². The summed E-state index contributed by atoms with van der Waals surface area (Å²) in [5.74, 6) is 1.92. The molecule has 1 rings (SSSR count). The molecule has 1 nitrogen and oxygen atoms in total. The van der Waals surface area contributed by atoms with E-state index in [-0.39, 0.29) is 0 Å². The molecule has 1 aliphatic rings. The molecule has 0 aromatic rings. The Morgan fingerprint density at radius 2 is 2.00 bits per heavy atom. The summed E-state index contributed by atoms with van der Waals surface area (Å²) in [7, 11) is 4.40. The standard InChI is InChI=1S/C11H23N/c1-9(2)6-5-7-10-8-11(10)12(3)4/h9-11H,5-8H2,1-4H3. The summed E-state index contributed by atoms with van der Waals surface area (Å²) in [6, 6.07) is 0.914. The predicted octanol–water partition coefficient (Wildman–Crippen LogP) is 2.76. The molecule has 2 unspecified atom stereocenters. The molecule has 0 aliphatic heterocycles. The monoisotopic (exact) mass is 169 g/mol. The van der Waals surface area contributed by atoms with Gasteiger partial charge < -0.3 is 4.90 Å². The van der Waals surface area contributed by atoms with Crippen molar-refractivity contribution in [2.24, 2.45) is 11.8 Å². The van der Waals surface area contributed by atoms with E-state index in [1.807, 2.05) is 0 Å². The third kappa shape index (κ3) is 3.14. The Kier molecular flexibility index (Phi) is 3.57. The maximum absolute atomic E-state index is 2.38. The molecule has 0 heterocycles. The SMILES string of the molecule is CC(C)CCCC1CC1N(C)C. The lowest BCUT2D eigenvalue weighted by atomic mass is 10.0. The van der Waals surface area contributed by atoms with Gasteiger partial charge in [-0.25, -0.2) is 0 Å². The highest BCUT2D eigenvalue weighted by Gasteiger charge is 2.37. The van der Waals surface area contributed by atoms with Gasteiger partial charge in [-0.15, -0.1) is 0 Å². The van der Waals surface area contributed by atoms with Crippen molar-refractivity contribution in [2.75, 3.05) is 14.1 Å². The van der Waals surface area contributed by atoms with Gasteiger partial charge in [0.25, 0.3) is 0 Å². The molecule has 0 saturated heterocycles. The Balaban J connectivity index is 1.97. The minimum Gasteiger partial charge on any atom is -0.306 e. The van der Waals surface area contributed by atoms with Crippen molar-refractivity contribution in [2.45, 2.75) is 45.6 Å². The van der Waals surface area contributed by atoms with Crippen molar-refractivity contribution in [3.63, 3.8) is 0 Å². The molecule has 2 atom stereocenters. The molecule has 1 aliphatic carbocycles. The van der Waals surface area contributed by atoms with Gasteiger partial charge in [-0.1, -0.05) is 26.7 Å². The lowest BCUT2D eigenvalue weighted by molar-refractivity contribution is 0.367. The molecule has 0 aromatic heterocycles. The first-order chi connectivity index (χ1) is 5.61. The van der Waals surface area contributed by atoms with Gasteiger partial charge in [-0.2, -0.15) is 0 Å². The van der Waals surface area contributed by atoms with Crippen LogP contribution in [-0.2, 0) is 0 Å². The van der Waals surface area contributed by atoms with E-state index in [4.69, 9.17) is 0 Å². The van der Waals surface area contributed by atoms with Crippen LogP contribution < -0.4 is 0 Å². The number of rotatable bonds is 5. The minimum absolute atomic E-state index is 0.890. The molecular formula is C11H23N. The largest absolute Gasteiger partial charge is 0.306 e. The van der Waals surface area contributed by atoms with Gasteiger partial charge in [0.1, 0.15) is 0 Å². The van der Waals surface area contributed by atoms with Crippen LogP contribution in [0.5, 0.6) is 0 Å². The summed E-state index contributed by atoms with van der Waals surface area (Å²) in [5, 5.41) is 0. The van der Waals surface area contributed by atoms with Gasteiger partial charge in [0.15, 0.2) is 0 Å². The second-order valence-corrected chi connectivity index (χ2v) is 4.85. The highest BCUT2D eigenvalue weighted by molar-refractivity contribution is 4.92. The van der Waals surface area contributed by atoms with E-state index < -0.39 is 0 Å². The van der Waals surface area contributed by atoms with Crippen LogP contribution in [0.15, 0.2) is 0 Å². The van der Waals surface area contributed by atoms with Crippen LogP contribution in [0.25, 0.3) is 0 Å². The fourth-order valence-corrected chi connectivity index (χ4v) is 1.96. The Morgan fingerprint density at radius 3 is 2.42 bits per heavy atom. The van der Waals surface area contributed by atoms with Crippen LogP contribution in [0.2, 0.25) is 0 Å². The lowest BCUT2D eigenvalue weighted by Gasteiger charge is -2.08. The number of hydrogen-bond donors (Lipinski definition) is 0. The molecular weight excluding hydrogens is 146 g/mol. The Labute approximate surface area is 77.1 Å². The van der Waals surface area contributed by atoms with Crippen LogP contribution in [0.3, 0.4) is 0 Å². The van der Waals surface area contributed by atoms with E-state index in [1.165, 1.54) is 25.7 Å². The van der Waals surface area contributed by atoms with E-state index in [0.29, 0.717) is 0 Å². The lowest BCUT2D eigenvalue weighted by Crippen LogP contribution is -2.15. The van der Waals surface area contributed by atoms with Gasteiger partial charge in [0, 0.05) is 6.04 Å². The molecule has 0 bridgehead atoms. The topological polar surface area (TPSA) is 3.24 Å². The third-order valence-corrected chi connectivity index (χ3v) is 2.90. The summed E-state index contributed by atoms with van der Waals surface area (Å²) >= 11 is 0. The average molecular weight is 169 g/mol. The van der Waals surface area contributed by atoms with Gasteiger partial charge in [0.2, 0.25) is 0 Å². The zero-order valence-electron chi connectivity index (χ0n) is 9.01. The summed E-state index contributed by atoms with van der Waals surface area (Å²) in [4.78, 5) is 2.38. The Bertz CT molecular complexity index is 129. The fraction of sp³-hybridized carbons (Fsp3) is 1.00. The molecule has 0 radical (unpaired) electrons. The molecule has 1 heteroatoms. The third-order valence-electron chi connectivity index (χ3n) is 2.90. The predicted molar refractivity (Wildman–Crippen MR) is 54.3 cm³/mol. The van der Waals surface area contributed by atoms with Crippen molar-refractivity contribution in [1.82, 2.24) is 4.90 Å². The van der Waals surface area contributed by atoms with Gasteiger partial charge >= 0.3 is 0 Å². The van der Waals surface area contributed by atoms with Crippen molar-refractivity contribution < 1.29 is 0 Å². The van der Waals surface area contributed by atoms with Crippen LogP contribution in [-0.4, -0.2) is 25.0 Å². The van der Waals surface area contributed by atoms with E-state index in [1.54, 1.807) is 0 Å². The first-order valence-corrected chi connectivity index (χ1v) is 5.27. The second kappa shape index (κ2) is 4.27. The van der Waals surface area contributed by atoms with Gasteiger partial charge in [-0.3, -0.25) is 0 Å². The molecule has 72 valence electrons. The first kappa shape index (κ1) is 10.0. The van der Waals surface area contributed by atoms with Crippen LogP contribution in [0, 0.1) is 11.8 Å². The normalized spacial score (nSPS) is 28.5. The number of hydrogen-bond acceptors (Lipinski definition) is 1. The van der Waals surface area contributed by atoms with Crippen molar-refractivity contribution >= 4 is 0 Å². The zero-order chi connectivity index (χ0) is 9.14. The summed E-state index contributed by atoms with van der Waals surface area (Å²) in [6.07, 6.45) is 5.76. The molecule has 12 heavy (non-hydrogen) atoms. The van der Waals surface area contributed by atoms with Crippen molar-refractivity contribution in [3.05, 3.63) is 0 Å². The smallest absolute Gasteiger partial charge is 0.0121 e. The minimum atomic E-state index is 0.890. The second-order valence-electron chi connectivity index (χ2n) is 4.85. The summed E-state index contributed by atoms with van der Waals surface area (Å²) < 4.78 is 0. The van der Waals surface area contributed by atoms with Crippen LogP contribution >= 0.6 is 0 Å². The molecule has 0 spiro atoms. The maximum atomic E-state index is 2.38. The van der Waals surface area contributed by atoms with Crippen LogP contribution in [0.1, 0.15) is 39.5 Å². The van der Waals surface area contributed by atoms with E-state index in [2.05, 4.69) is 32.8 Å². The van der Waals surface area contributed by atoms with Gasteiger partial charge in [0.05, 0.1) is 0 Å². The van der Waals surface area contributed by atoms with E-state index >= 15 is 0 Å². The molecule has 1 fully saturated rings. The molecule has 0 aromatic carbocycles. The molecule has 0 N–H and O–H groups in total. The quantitative estimate of drug-likeness (QED) is 0.611. The van der Waals surface area contributed by atoms with Crippen molar-refractivity contribution in [1.29, 1.82) is 0 Å². The highest BCUT2D eigenvalue weighted by atomic mass is 15.1. The Morgan fingerprint density at radius 1 is 1.33 bits per heavy atom. The molecule has 0 amide bonds. The number of nitrogens with zero attached hydrogens (tertiary/aromatic N) is 1. The fourth-order valence-electron chi connectivity index (χ4n) is 1.96. The summed E-state index contributed by atoms with van der Waals surface area (Å²) in [6.45, 7) is 4.63. The highest BCUT2D eigenvalue weighted by Crippen LogP contribution is 2.38. The van der Waals surface area contributed by atoms with Crippen molar-refractivity contribution in [3.8, 4) is 0 Å². The molecule has 1 saturated carbocycles.